The lowest BCUT2D eigenvalue weighted by Gasteiger charge is -2.16. The van der Waals surface area contributed by atoms with Crippen molar-refractivity contribution in [3.63, 3.8) is 0 Å². The van der Waals surface area contributed by atoms with Crippen LogP contribution >= 0.6 is 0 Å². The molecule has 0 fully saturated rings. The number of hydrogen-bond acceptors (Lipinski definition) is 2. The summed E-state index contributed by atoms with van der Waals surface area (Å²) in [5.41, 5.74) is 1.11. The lowest BCUT2D eigenvalue weighted by atomic mass is 9.92. The molecule has 1 amide bonds. The van der Waals surface area contributed by atoms with Gasteiger partial charge in [-0.25, -0.2) is 0 Å². The third-order valence-electron chi connectivity index (χ3n) is 3.25. The Balaban J connectivity index is 2.67. The lowest BCUT2D eigenvalue weighted by Crippen LogP contribution is -2.33. The third-order valence-corrected chi connectivity index (χ3v) is 3.25. The Morgan fingerprint density at radius 1 is 1.10 bits per heavy atom. The van der Waals surface area contributed by atoms with Crippen LogP contribution < -0.4 is 5.32 Å². The minimum Gasteiger partial charge on any atom is -0.356 e. The highest BCUT2D eigenvalue weighted by Gasteiger charge is 2.21. The van der Waals surface area contributed by atoms with E-state index in [9.17, 15) is 9.59 Å². The monoisotopic (exact) mass is 275 g/mol. The van der Waals surface area contributed by atoms with Crippen LogP contribution in [0.5, 0.6) is 0 Å². The lowest BCUT2D eigenvalue weighted by molar-refractivity contribution is -0.129. The molecule has 110 valence electrons. The zero-order valence-electron chi connectivity index (χ0n) is 12.5. The molecule has 0 bridgehead atoms. The summed E-state index contributed by atoms with van der Waals surface area (Å²) in [6.45, 7) is 4.68. The molecule has 0 saturated carbocycles. The van der Waals surface area contributed by atoms with Gasteiger partial charge in [0.15, 0.2) is 0 Å². The Bertz CT molecular complexity index is 414. The first-order valence-electron chi connectivity index (χ1n) is 7.50. The second-order valence-electron chi connectivity index (χ2n) is 5.17. The van der Waals surface area contributed by atoms with E-state index in [1.807, 2.05) is 44.2 Å². The Kier molecular flexibility index (Phi) is 7.63. The van der Waals surface area contributed by atoms with E-state index in [4.69, 9.17) is 0 Å². The van der Waals surface area contributed by atoms with Gasteiger partial charge in [0.2, 0.25) is 5.91 Å². The predicted molar refractivity (Wildman–Crippen MR) is 81.5 cm³/mol. The largest absolute Gasteiger partial charge is 0.356 e. The van der Waals surface area contributed by atoms with E-state index >= 15 is 0 Å². The molecule has 0 saturated heterocycles. The summed E-state index contributed by atoms with van der Waals surface area (Å²) >= 11 is 0. The molecule has 0 spiro atoms. The Hall–Kier alpha value is -1.64. The van der Waals surface area contributed by atoms with E-state index < -0.39 is 0 Å². The van der Waals surface area contributed by atoms with Crippen molar-refractivity contribution >= 4 is 11.7 Å². The number of carbonyl (C=O) groups is 2. The maximum Gasteiger partial charge on any atom is 0.223 e. The number of hydrogen-bond donors (Lipinski definition) is 1. The minimum atomic E-state index is -0.247. The molecule has 20 heavy (non-hydrogen) atoms. The van der Waals surface area contributed by atoms with E-state index in [2.05, 4.69) is 5.32 Å². The van der Waals surface area contributed by atoms with Crippen LogP contribution in [0.1, 0.15) is 45.1 Å². The van der Waals surface area contributed by atoms with Crippen molar-refractivity contribution in [2.75, 3.05) is 6.54 Å². The van der Waals surface area contributed by atoms with Crippen LogP contribution in [0.15, 0.2) is 30.3 Å². The van der Waals surface area contributed by atoms with Crippen LogP contribution in [0, 0.1) is 5.92 Å². The first kappa shape index (κ1) is 16.4. The second-order valence-corrected chi connectivity index (χ2v) is 5.17. The van der Waals surface area contributed by atoms with Crippen molar-refractivity contribution in [3.05, 3.63) is 35.9 Å². The molecule has 0 aliphatic heterocycles. The molecule has 0 aliphatic carbocycles. The Morgan fingerprint density at radius 3 is 2.40 bits per heavy atom. The van der Waals surface area contributed by atoms with Gasteiger partial charge in [-0.2, -0.15) is 0 Å². The van der Waals surface area contributed by atoms with Gasteiger partial charge in [0.25, 0.3) is 0 Å². The Morgan fingerprint density at radius 2 is 1.80 bits per heavy atom. The van der Waals surface area contributed by atoms with E-state index in [1.165, 1.54) is 0 Å². The molecule has 1 rings (SSSR count). The molecule has 0 heterocycles. The van der Waals surface area contributed by atoms with E-state index in [-0.39, 0.29) is 17.6 Å². The number of rotatable bonds is 9. The van der Waals surface area contributed by atoms with Crippen LogP contribution in [0.25, 0.3) is 0 Å². The summed E-state index contributed by atoms with van der Waals surface area (Å²) in [4.78, 5) is 24.0. The number of Topliss-reactive ketones (excluding diaryl/α,β-unsaturated/α-hetero) is 1. The average Bonchev–Trinajstić information content (AvgIpc) is 2.45. The molecule has 1 atom stereocenters. The van der Waals surface area contributed by atoms with Gasteiger partial charge in [-0.1, -0.05) is 44.2 Å². The molecule has 1 unspecified atom stereocenters. The normalized spacial score (nSPS) is 11.9. The zero-order chi connectivity index (χ0) is 14.8. The molecule has 1 aromatic rings. The van der Waals surface area contributed by atoms with E-state index in [0.717, 1.165) is 18.4 Å². The van der Waals surface area contributed by atoms with Gasteiger partial charge in [0.1, 0.15) is 5.78 Å². The molecule has 1 N–H and O–H groups in total. The fourth-order valence-corrected chi connectivity index (χ4v) is 2.20. The first-order chi connectivity index (χ1) is 9.67. The molecule has 3 nitrogen and oxygen atoms in total. The highest BCUT2D eigenvalue weighted by atomic mass is 16.2. The van der Waals surface area contributed by atoms with Crippen LogP contribution in [-0.2, 0) is 16.0 Å². The van der Waals surface area contributed by atoms with E-state index in [1.54, 1.807) is 0 Å². The maximum atomic E-state index is 12.2. The summed E-state index contributed by atoms with van der Waals surface area (Å²) < 4.78 is 0. The van der Waals surface area contributed by atoms with Crippen molar-refractivity contribution in [2.45, 2.75) is 46.0 Å². The van der Waals surface area contributed by atoms with Gasteiger partial charge in [-0.15, -0.1) is 0 Å². The second kappa shape index (κ2) is 9.29. The number of nitrogens with one attached hydrogen (secondary N) is 1. The molecular weight excluding hydrogens is 250 g/mol. The average molecular weight is 275 g/mol. The predicted octanol–water partition coefficient (Wildman–Crippen LogP) is 3.13. The first-order valence-corrected chi connectivity index (χ1v) is 7.50. The SMILES string of the molecule is CCCNC(=O)C(CC(=O)CCC)Cc1ccccc1. The topological polar surface area (TPSA) is 46.2 Å². The molecule has 0 radical (unpaired) electrons. The van der Waals surface area contributed by atoms with Crippen molar-refractivity contribution < 1.29 is 9.59 Å². The fraction of sp³-hybridized carbons (Fsp3) is 0.529. The van der Waals surface area contributed by atoms with Gasteiger partial charge in [-0.3, -0.25) is 9.59 Å². The highest BCUT2D eigenvalue weighted by molar-refractivity contribution is 5.87. The molecular formula is C17H25NO2. The number of amides is 1. The zero-order valence-corrected chi connectivity index (χ0v) is 12.5. The molecule has 3 heteroatoms. The van der Waals surface area contributed by atoms with Gasteiger partial charge in [0, 0.05) is 25.3 Å². The van der Waals surface area contributed by atoms with Crippen molar-refractivity contribution in [3.8, 4) is 0 Å². The van der Waals surface area contributed by atoms with Gasteiger partial charge in [-0.05, 0) is 24.8 Å². The molecule has 0 aliphatic rings. The summed E-state index contributed by atoms with van der Waals surface area (Å²) in [5.74, 6) is -0.0664. The summed E-state index contributed by atoms with van der Waals surface area (Å²) in [5, 5.41) is 2.91. The quantitative estimate of drug-likeness (QED) is 0.752. The summed E-state index contributed by atoms with van der Waals surface area (Å²) in [7, 11) is 0. The fourth-order valence-electron chi connectivity index (χ4n) is 2.20. The standard InChI is InChI=1S/C17H25NO2/c1-3-8-16(19)13-15(17(20)18-11-4-2)12-14-9-6-5-7-10-14/h5-7,9-10,15H,3-4,8,11-13H2,1-2H3,(H,18,20). The van der Waals surface area contributed by atoms with Crippen LogP contribution in [-0.4, -0.2) is 18.2 Å². The highest BCUT2D eigenvalue weighted by Crippen LogP contribution is 2.14. The Labute approximate surface area is 121 Å². The van der Waals surface area contributed by atoms with Gasteiger partial charge < -0.3 is 5.32 Å². The third kappa shape index (κ3) is 6.00. The van der Waals surface area contributed by atoms with Crippen molar-refractivity contribution in [1.82, 2.24) is 5.32 Å². The number of carbonyl (C=O) groups excluding carboxylic acids is 2. The van der Waals surface area contributed by atoms with E-state index in [0.29, 0.717) is 25.8 Å². The van der Waals surface area contributed by atoms with Gasteiger partial charge in [0.05, 0.1) is 0 Å². The molecule has 1 aromatic carbocycles. The van der Waals surface area contributed by atoms with Crippen LogP contribution in [0.2, 0.25) is 0 Å². The summed E-state index contributed by atoms with van der Waals surface area (Å²) in [6.07, 6.45) is 3.29. The number of ketones is 1. The smallest absolute Gasteiger partial charge is 0.223 e. The maximum absolute atomic E-state index is 12.2. The molecule has 0 aromatic heterocycles. The van der Waals surface area contributed by atoms with Crippen molar-refractivity contribution in [2.24, 2.45) is 5.92 Å². The summed E-state index contributed by atoms with van der Waals surface area (Å²) in [6, 6.07) is 9.89. The number of benzene rings is 1. The minimum absolute atomic E-state index is 0.000145. The van der Waals surface area contributed by atoms with Crippen LogP contribution in [0.3, 0.4) is 0 Å². The van der Waals surface area contributed by atoms with Crippen molar-refractivity contribution in [1.29, 1.82) is 0 Å². The van der Waals surface area contributed by atoms with Crippen LogP contribution in [0.4, 0.5) is 0 Å². The van der Waals surface area contributed by atoms with Gasteiger partial charge >= 0.3 is 0 Å².